The number of aromatic nitrogens is 3. The molecule has 0 bridgehead atoms. The molecule has 10 nitrogen and oxygen atoms in total. The number of hydrogen-bond donors (Lipinski definition) is 0. The molecule has 0 aromatic carbocycles. The van der Waals surface area contributed by atoms with Crippen LogP contribution in [-0.2, 0) is 38.6 Å². The molecule has 4 aliphatic rings. The van der Waals surface area contributed by atoms with Gasteiger partial charge in [0, 0.05) is 19.6 Å². The Balaban J connectivity index is 0.000000699. The largest absolute Gasteiger partial charge is 0.373 e. The molecule has 5 rings (SSSR count). The number of hydrogen-bond acceptors (Lipinski definition) is 7. The Hall–Kier alpha value is -1.75. The first kappa shape index (κ1) is 32.2. The number of ether oxygens (including phenoxy) is 4. The van der Waals surface area contributed by atoms with Crippen LogP contribution in [0.15, 0.2) is 14.4 Å². The lowest BCUT2D eigenvalue weighted by molar-refractivity contribution is 0.381. The van der Waals surface area contributed by atoms with Crippen LogP contribution in [0.5, 0.6) is 0 Å². The third kappa shape index (κ3) is 12.6. The maximum atomic E-state index is 13.2. The maximum Gasteiger partial charge on any atom is 0.336 e. The van der Waals surface area contributed by atoms with Gasteiger partial charge in [-0.25, -0.2) is 28.1 Å². The van der Waals surface area contributed by atoms with Crippen molar-refractivity contribution in [3.8, 4) is 0 Å². The lowest BCUT2D eigenvalue weighted by Crippen LogP contribution is -2.54. The van der Waals surface area contributed by atoms with Gasteiger partial charge < -0.3 is 18.9 Å². The second-order valence-electron chi connectivity index (χ2n) is 12.1. The topological polar surface area (TPSA) is 116 Å². The molecule has 0 N–H and O–H groups in total. The van der Waals surface area contributed by atoms with Crippen LogP contribution in [0.4, 0.5) is 0 Å². The van der Waals surface area contributed by atoms with E-state index in [0.717, 1.165) is 123 Å². The van der Waals surface area contributed by atoms with Gasteiger partial charge in [0.05, 0.1) is 50.8 Å². The van der Waals surface area contributed by atoms with Crippen LogP contribution in [0.1, 0.15) is 110 Å². The van der Waals surface area contributed by atoms with E-state index >= 15 is 0 Å². The zero-order valence-electron chi connectivity index (χ0n) is 25.3. The molecule has 1 aromatic heterocycles. The maximum absolute atomic E-state index is 13.2. The fourth-order valence-electron chi connectivity index (χ4n) is 5.25. The second kappa shape index (κ2) is 17.4. The molecular weight excluding hydrogens is 526 g/mol. The van der Waals surface area contributed by atoms with E-state index in [1.165, 1.54) is 20.1 Å². The van der Waals surface area contributed by atoms with Gasteiger partial charge in [-0.1, -0.05) is 64.7 Å². The Bertz CT molecular complexity index is 911. The summed E-state index contributed by atoms with van der Waals surface area (Å²) in [6, 6.07) is 0. The van der Waals surface area contributed by atoms with Crippen molar-refractivity contribution in [2.45, 2.75) is 154 Å². The molecule has 10 heteroatoms. The summed E-state index contributed by atoms with van der Waals surface area (Å²) in [7, 11) is 0. The van der Waals surface area contributed by atoms with Crippen molar-refractivity contribution in [2.24, 2.45) is 0 Å². The Kier molecular flexibility index (Phi) is 13.6. The van der Waals surface area contributed by atoms with Gasteiger partial charge in [-0.15, -0.1) is 0 Å². The molecule has 4 unspecified atom stereocenters. The van der Waals surface area contributed by atoms with Gasteiger partial charge in [-0.05, 0) is 44.9 Å². The van der Waals surface area contributed by atoms with Crippen LogP contribution in [0.3, 0.4) is 0 Å². The third-order valence-electron chi connectivity index (χ3n) is 8.42. The molecule has 234 valence electrons. The highest BCUT2D eigenvalue weighted by molar-refractivity contribution is 4.80. The predicted octanol–water partition coefficient (Wildman–Crippen LogP) is 4.01. The third-order valence-corrected chi connectivity index (χ3v) is 8.42. The van der Waals surface area contributed by atoms with Crippen LogP contribution in [0, 0.1) is 0 Å². The summed E-state index contributed by atoms with van der Waals surface area (Å²) in [4.78, 5) is 39.5. The minimum absolute atomic E-state index is 0.376. The molecule has 41 heavy (non-hydrogen) atoms. The SMILES string of the molecule is CCC1CO1.O=c1n(CCCCCCC2CO2)c(=O)n(CCCCCCC2CO2)c(=O)n1CCCCCCC1CO1. The fraction of sp³-hybridized carbons (Fsp3) is 0.903. The Morgan fingerprint density at radius 1 is 0.463 bits per heavy atom. The molecule has 0 radical (unpaired) electrons. The lowest BCUT2D eigenvalue weighted by Gasteiger charge is -2.14. The van der Waals surface area contributed by atoms with E-state index in [1.54, 1.807) is 0 Å². The van der Waals surface area contributed by atoms with Gasteiger partial charge in [0.1, 0.15) is 0 Å². The summed E-state index contributed by atoms with van der Waals surface area (Å²) >= 11 is 0. The first-order valence-electron chi connectivity index (χ1n) is 16.5. The van der Waals surface area contributed by atoms with E-state index in [9.17, 15) is 14.4 Å². The first-order valence-corrected chi connectivity index (χ1v) is 16.5. The molecule has 4 saturated heterocycles. The van der Waals surface area contributed by atoms with Crippen molar-refractivity contribution in [1.29, 1.82) is 0 Å². The standard InChI is InChI=1S/C27H45N3O6.C4H8O/c31-25-28(16-10-4-1-7-13-22-19-34-22)26(32)30(18-12-6-3-9-15-24-21-36-24)27(33)29(25)17-11-5-2-8-14-23-20-35-23;1-2-4-3-5-4/h22-24H,1-21H2;4H,2-3H2,1H3. The van der Waals surface area contributed by atoms with Crippen molar-refractivity contribution < 1.29 is 18.9 Å². The van der Waals surface area contributed by atoms with Crippen LogP contribution in [0.25, 0.3) is 0 Å². The van der Waals surface area contributed by atoms with Gasteiger partial charge in [-0.3, -0.25) is 0 Å². The molecule has 0 spiro atoms. The highest BCUT2D eigenvalue weighted by Crippen LogP contribution is 2.19. The van der Waals surface area contributed by atoms with E-state index in [2.05, 4.69) is 6.92 Å². The fourth-order valence-corrected chi connectivity index (χ4v) is 5.25. The minimum Gasteiger partial charge on any atom is -0.373 e. The van der Waals surface area contributed by atoms with Gasteiger partial charge in [0.2, 0.25) is 0 Å². The second-order valence-corrected chi connectivity index (χ2v) is 12.1. The van der Waals surface area contributed by atoms with Crippen LogP contribution in [0.2, 0.25) is 0 Å². The van der Waals surface area contributed by atoms with Crippen molar-refractivity contribution in [3.05, 3.63) is 31.5 Å². The predicted molar refractivity (Wildman–Crippen MR) is 158 cm³/mol. The molecule has 4 aliphatic heterocycles. The van der Waals surface area contributed by atoms with E-state index < -0.39 is 17.1 Å². The zero-order valence-corrected chi connectivity index (χ0v) is 25.3. The van der Waals surface area contributed by atoms with Gasteiger partial charge in [0.25, 0.3) is 0 Å². The molecule has 0 amide bonds. The van der Waals surface area contributed by atoms with Crippen molar-refractivity contribution in [3.63, 3.8) is 0 Å². The summed E-state index contributed by atoms with van der Waals surface area (Å²) in [6.07, 6.45) is 18.2. The number of unbranched alkanes of at least 4 members (excludes halogenated alkanes) is 9. The van der Waals surface area contributed by atoms with Crippen molar-refractivity contribution >= 4 is 0 Å². The van der Waals surface area contributed by atoms with Crippen LogP contribution < -0.4 is 17.1 Å². The number of nitrogens with zero attached hydrogens (tertiary/aromatic N) is 3. The Morgan fingerprint density at radius 2 is 0.732 bits per heavy atom. The highest BCUT2D eigenvalue weighted by atomic mass is 16.6. The molecule has 5 heterocycles. The van der Waals surface area contributed by atoms with E-state index in [-0.39, 0.29) is 0 Å². The monoisotopic (exact) mass is 579 g/mol. The number of rotatable bonds is 22. The normalized spacial score (nSPS) is 23.6. The lowest BCUT2D eigenvalue weighted by atomic mass is 10.1. The van der Waals surface area contributed by atoms with Crippen molar-refractivity contribution in [2.75, 3.05) is 26.4 Å². The van der Waals surface area contributed by atoms with E-state index in [4.69, 9.17) is 18.9 Å². The molecule has 1 aromatic rings. The summed E-state index contributed by atoms with van der Waals surface area (Å²) < 4.78 is 24.5. The molecule has 0 saturated carbocycles. The smallest absolute Gasteiger partial charge is 0.336 e. The van der Waals surface area contributed by atoms with Gasteiger partial charge in [-0.2, -0.15) is 0 Å². The molecule has 0 aliphatic carbocycles. The van der Waals surface area contributed by atoms with Gasteiger partial charge in [0.15, 0.2) is 0 Å². The van der Waals surface area contributed by atoms with Gasteiger partial charge >= 0.3 is 17.1 Å². The van der Waals surface area contributed by atoms with Crippen molar-refractivity contribution in [1.82, 2.24) is 13.7 Å². The first-order chi connectivity index (χ1) is 20.1. The van der Waals surface area contributed by atoms with E-state index in [1.807, 2.05) is 0 Å². The summed E-state index contributed by atoms with van der Waals surface area (Å²) in [5.74, 6) is 0. The molecule has 4 fully saturated rings. The minimum atomic E-state index is -0.441. The Labute approximate surface area is 244 Å². The molecular formula is C31H53N3O7. The summed E-state index contributed by atoms with van der Waals surface area (Å²) in [5.41, 5.74) is -1.32. The summed E-state index contributed by atoms with van der Waals surface area (Å²) in [5, 5.41) is 0. The summed E-state index contributed by atoms with van der Waals surface area (Å²) in [6.45, 7) is 6.94. The van der Waals surface area contributed by atoms with E-state index in [0.29, 0.717) is 44.1 Å². The number of epoxide rings is 4. The Morgan fingerprint density at radius 3 is 0.951 bits per heavy atom. The highest BCUT2D eigenvalue weighted by Gasteiger charge is 2.23. The van der Waals surface area contributed by atoms with Crippen LogP contribution >= 0.6 is 0 Å². The quantitative estimate of drug-likeness (QED) is 0.151. The average molecular weight is 580 g/mol. The van der Waals surface area contributed by atoms with Crippen LogP contribution in [-0.4, -0.2) is 64.5 Å². The zero-order chi connectivity index (χ0) is 28.9. The average Bonchev–Trinajstić information content (AvgIpc) is 3.76. The molecule has 4 atom stereocenters.